The van der Waals surface area contributed by atoms with Crippen molar-refractivity contribution in [3.05, 3.63) is 29.3 Å². The fourth-order valence-electron chi connectivity index (χ4n) is 2.71. The second kappa shape index (κ2) is 9.03. The fourth-order valence-corrected chi connectivity index (χ4v) is 4.67. The van der Waals surface area contributed by atoms with Crippen LogP contribution in [0.5, 0.6) is 5.75 Å². The maximum atomic E-state index is 13.5. The molecule has 1 unspecified atom stereocenters. The molecule has 0 aliphatic rings. The Morgan fingerprint density at radius 2 is 1.62 bits per heavy atom. The number of ether oxygens (including phenoxy) is 2. The predicted molar refractivity (Wildman–Crippen MR) is 104 cm³/mol. The molecule has 0 aliphatic carbocycles. The molecule has 0 aromatic heterocycles. The summed E-state index contributed by atoms with van der Waals surface area (Å²) in [5, 5.41) is 2.84. The van der Waals surface area contributed by atoms with Crippen molar-refractivity contribution in [3.63, 3.8) is 0 Å². The zero-order valence-electron chi connectivity index (χ0n) is 17.1. The number of rotatable bonds is 9. The lowest BCUT2D eigenvalue weighted by molar-refractivity contribution is -0.146. The molecule has 148 valence electrons. The largest absolute Gasteiger partial charge is 0.468 e. The van der Waals surface area contributed by atoms with Gasteiger partial charge in [0, 0.05) is 7.11 Å². The van der Waals surface area contributed by atoms with E-state index in [0.29, 0.717) is 5.75 Å². The van der Waals surface area contributed by atoms with Gasteiger partial charge < -0.3 is 14.0 Å². The summed E-state index contributed by atoms with van der Waals surface area (Å²) in [7, 11) is -0.801. The van der Waals surface area contributed by atoms with E-state index in [9.17, 15) is 9.36 Å². The molecular weight excluding hydrogens is 353 g/mol. The molecule has 0 saturated carbocycles. The molecule has 0 bridgehead atoms. The van der Waals surface area contributed by atoms with Crippen molar-refractivity contribution in [1.29, 1.82) is 0 Å². The van der Waals surface area contributed by atoms with Crippen molar-refractivity contribution < 1.29 is 23.4 Å². The molecule has 1 N–H and O–H groups in total. The minimum atomic E-state index is -3.54. The summed E-state index contributed by atoms with van der Waals surface area (Å²) in [6.45, 7) is 11.4. The monoisotopic (exact) mass is 385 g/mol. The number of carbonyl (C=O) groups is 1. The zero-order valence-corrected chi connectivity index (χ0v) is 18.0. The number of esters is 1. The van der Waals surface area contributed by atoms with E-state index in [1.54, 1.807) is 13.8 Å². The number of carbonyl (C=O) groups excluding carboxylic acids is 1. The molecule has 0 fully saturated rings. The summed E-state index contributed by atoms with van der Waals surface area (Å²) >= 11 is 0. The summed E-state index contributed by atoms with van der Waals surface area (Å²) < 4.78 is 29.5. The van der Waals surface area contributed by atoms with Crippen molar-refractivity contribution in [2.75, 3.05) is 20.6 Å². The van der Waals surface area contributed by atoms with Gasteiger partial charge in [0.05, 0.1) is 7.11 Å². The van der Waals surface area contributed by atoms with E-state index >= 15 is 0 Å². The van der Waals surface area contributed by atoms with Crippen LogP contribution < -0.4 is 9.61 Å². The molecule has 0 aliphatic heterocycles. The van der Waals surface area contributed by atoms with E-state index in [-0.39, 0.29) is 18.2 Å². The molecule has 0 radical (unpaired) electrons. The number of benzene rings is 1. The molecule has 0 heterocycles. The molecule has 0 spiro atoms. The number of hydrogen-bond donors (Lipinski definition) is 1. The number of methoxy groups -OCH3 is 2. The van der Waals surface area contributed by atoms with E-state index in [4.69, 9.17) is 14.0 Å². The molecule has 6 nitrogen and oxygen atoms in total. The van der Waals surface area contributed by atoms with E-state index in [1.807, 2.05) is 18.2 Å². The van der Waals surface area contributed by atoms with Crippen LogP contribution >= 0.6 is 7.52 Å². The van der Waals surface area contributed by atoms with Crippen molar-refractivity contribution in [3.8, 4) is 5.75 Å². The molecule has 7 heteroatoms. The maximum absolute atomic E-state index is 13.5. The summed E-state index contributed by atoms with van der Waals surface area (Å²) in [4.78, 5) is 12.0. The lowest BCUT2D eigenvalue weighted by Gasteiger charge is -2.31. The maximum Gasteiger partial charge on any atom is 0.342 e. The molecule has 1 aromatic carbocycles. The number of hydrogen-bond acceptors (Lipinski definition) is 5. The van der Waals surface area contributed by atoms with Gasteiger partial charge in [-0.05, 0) is 36.8 Å². The Hall–Kier alpha value is -1.36. The Labute approximate surface area is 157 Å². The molecule has 1 aromatic rings. The van der Waals surface area contributed by atoms with Crippen LogP contribution in [0.4, 0.5) is 0 Å². The first-order valence-electron chi connectivity index (χ1n) is 8.75. The molecule has 0 amide bonds. The van der Waals surface area contributed by atoms with Crippen LogP contribution in [-0.4, -0.2) is 32.1 Å². The third kappa shape index (κ3) is 5.57. The summed E-state index contributed by atoms with van der Waals surface area (Å²) in [6.07, 6.45) is -0.169. The molecule has 1 rings (SSSR count). The van der Waals surface area contributed by atoms with Crippen LogP contribution in [0, 0.1) is 0 Å². The Morgan fingerprint density at radius 1 is 1.12 bits per heavy atom. The third-order valence-corrected chi connectivity index (χ3v) is 5.98. The average molecular weight is 385 g/mol. The molecule has 26 heavy (non-hydrogen) atoms. The van der Waals surface area contributed by atoms with Crippen LogP contribution in [0.3, 0.4) is 0 Å². The van der Waals surface area contributed by atoms with E-state index < -0.39 is 19.0 Å². The van der Waals surface area contributed by atoms with Gasteiger partial charge in [0.25, 0.3) is 0 Å². The highest BCUT2D eigenvalue weighted by Gasteiger charge is 2.39. The molecule has 1 atom stereocenters. The Bertz CT molecular complexity index is 644. The first-order chi connectivity index (χ1) is 12.0. The molecule has 0 saturated heterocycles. The number of para-hydroxylation sites is 1. The van der Waals surface area contributed by atoms with Crippen LogP contribution in [0.1, 0.15) is 64.5 Å². The van der Waals surface area contributed by atoms with Gasteiger partial charge in [-0.2, -0.15) is 0 Å². The van der Waals surface area contributed by atoms with Gasteiger partial charge in [0.2, 0.25) is 0 Å². The average Bonchev–Trinajstić information content (AvgIpc) is 2.52. The van der Waals surface area contributed by atoms with Crippen LogP contribution in [0.15, 0.2) is 18.2 Å². The van der Waals surface area contributed by atoms with Crippen LogP contribution in [0.2, 0.25) is 0 Å². The normalized spacial score (nSPS) is 14.4. The quantitative estimate of drug-likeness (QED) is 0.493. The zero-order chi connectivity index (χ0) is 20.1. The van der Waals surface area contributed by atoms with Gasteiger partial charge in [-0.15, -0.1) is 0 Å². The van der Waals surface area contributed by atoms with Crippen LogP contribution in [0.25, 0.3) is 0 Å². The minimum absolute atomic E-state index is 0.169. The predicted octanol–water partition coefficient (Wildman–Crippen LogP) is 4.65. The standard InChI is InChI=1S/C19H32NO5P/c1-13(2)15-10-9-11-16(14(3)4)17(15)25-26(22,12-23-7)20-19(5,6)18(21)24-8/h9-11,13-14H,12H2,1-8H3,(H,20,22). The lowest BCUT2D eigenvalue weighted by Crippen LogP contribution is -2.46. The highest BCUT2D eigenvalue weighted by Crippen LogP contribution is 2.49. The lowest BCUT2D eigenvalue weighted by atomic mass is 9.94. The third-order valence-electron chi connectivity index (χ3n) is 4.00. The summed E-state index contributed by atoms with van der Waals surface area (Å²) in [6, 6.07) is 5.91. The topological polar surface area (TPSA) is 73.9 Å². The van der Waals surface area contributed by atoms with E-state index in [2.05, 4.69) is 32.8 Å². The van der Waals surface area contributed by atoms with Crippen molar-refractivity contribution in [2.45, 2.75) is 58.9 Å². The fraction of sp³-hybridized carbons (Fsp3) is 0.632. The Morgan fingerprint density at radius 3 is 2.00 bits per heavy atom. The first kappa shape index (κ1) is 22.7. The number of nitrogens with one attached hydrogen (secondary N) is 1. The van der Waals surface area contributed by atoms with Gasteiger partial charge >= 0.3 is 13.5 Å². The van der Waals surface area contributed by atoms with Gasteiger partial charge in [-0.1, -0.05) is 45.9 Å². The Balaban J connectivity index is 3.38. The minimum Gasteiger partial charge on any atom is -0.468 e. The first-order valence-corrected chi connectivity index (χ1v) is 10.6. The SMILES string of the molecule is COCP(=O)(NC(C)(C)C(=O)OC)Oc1c(C(C)C)cccc1C(C)C. The van der Waals surface area contributed by atoms with Gasteiger partial charge in [0.1, 0.15) is 17.6 Å². The van der Waals surface area contributed by atoms with Gasteiger partial charge in [-0.3, -0.25) is 9.36 Å². The Kier molecular flexibility index (Phi) is 7.87. The van der Waals surface area contributed by atoms with Crippen LogP contribution in [-0.2, 0) is 18.8 Å². The smallest absolute Gasteiger partial charge is 0.342 e. The van der Waals surface area contributed by atoms with Gasteiger partial charge in [0.15, 0.2) is 0 Å². The van der Waals surface area contributed by atoms with E-state index in [1.165, 1.54) is 14.2 Å². The van der Waals surface area contributed by atoms with Crippen molar-refractivity contribution in [1.82, 2.24) is 5.09 Å². The van der Waals surface area contributed by atoms with E-state index in [0.717, 1.165) is 11.1 Å². The van der Waals surface area contributed by atoms with Gasteiger partial charge in [-0.25, -0.2) is 5.09 Å². The second-order valence-electron chi connectivity index (χ2n) is 7.49. The summed E-state index contributed by atoms with van der Waals surface area (Å²) in [5.41, 5.74) is 0.739. The highest BCUT2D eigenvalue weighted by molar-refractivity contribution is 7.57. The summed E-state index contributed by atoms with van der Waals surface area (Å²) in [5.74, 6) is 0.436. The van der Waals surface area contributed by atoms with Crippen molar-refractivity contribution in [2.24, 2.45) is 0 Å². The van der Waals surface area contributed by atoms with Crippen molar-refractivity contribution >= 4 is 13.5 Å². The molecular formula is C19H32NO5P. The second-order valence-corrected chi connectivity index (χ2v) is 9.50. The highest BCUT2D eigenvalue weighted by atomic mass is 31.2.